The highest BCUT2D eigenvalue weighted by molar-refractivity contribution is 5.89. The van der Waals surface area contributed by atoms with Crippen LogP contribution in [0, 0.1) is 12.7 Å². The van der Waals surface area contributed by atoms with E-state index in [0.717, 1.165) is 44.9 Å². The van der Waals surface area contributed by atoms with Gasteiger partial charge in [0.15, 0.2) is 5.76 Å². The molecule has 2 amide bonds. The summed E-state index contributed by atoms with van der Waals surface area (Å²) in [4.78, 5) is 30.3. The Balaban J connectivity index is 1.42. The zero-order valence-corrected chi connectivity index (χ0v) is 21.5. The van der Waals surface area contributed by atoms with Crippen LogP contribution in [0.3, 0.4) is 0 Å². The van der Waals surface area contributed by atoms with Crippen molar-refractivity contribution in [1.82, 2.24) is 30.4 Å². The van der Waals surface area contributed by atoms with Crippen LogP contribution >= 0.6 is 0 Å². The SMILES string of the molecule is Cc1ccc(-c2nnn(CC(=O)N(C[C@@H]3CCCO3)[C@@H](C(=O)NC3CCCCC3)c3ccc(F)cc3)n2)o1. The maximum absolute atomic E-state index is 13.8. The molecule has 3 aromatic rings. The molecule has 2 aromatic heterocycles. The third-order valence-electron chi connectivity index (χ3n) is 7.13. The molecule has 0 radical (unpaired) electrons. The van der Waals surface area contributed by atoms with Gasteiger partial charge in [-0.1, -0.05) is 31.4 Å². The number of amides is 2. The normalized spacial score (nSPS) is 18.8. The van der Waals surface area contributed by atoms with Crippen LogP contribution in [-0.4, -0.2) is 62.2 Å². The third-order valence-corrected chi connectivity index (χ3v) is 7.13. The summed E-state index contributed by atoms with van der Waals surface area (Å²) in [7, 11) is 0. The number of aryl methyl sites for hydroxylation is 1. The lowest BCUT2D eigenvalue weighted by molar-refractivity contribution is -0.143. The summed E-state index contributed by atoms with van der Waals surface area (Å²) in [5, 5.41) is 15.5. The number of halogens is 1. The van der Waals surface area contributed by atoms with E-state index in [1.165, 1.54) is 21.8 Å². The molecule has 1 saturated carbocycles. The molecular formula is C27H33FN6O4. The Hall–Kier alpha value is -3.60. The number of hydrogen-bond acceptors (Lipinski definition) is 7. The monoisotopic (exact) mass is 524 g/mol. The molecule has 2 atom stereocenters. The first kappa shape index (κ1) is 26.0. The van der Waals surface area contributed by atoms with E-state index in [4.69, 9.17) is 9.15 Å². The molecule has 1 aliphatic heterocycles. The van der Waals surface area contributed by atoms with Gasteiger partial charge in [0.05, 0.1) is 6.10 Å². The molecule has 1 saturated heterocycles. The molecule has 2 aliphatic rings. The minimum absolute atomic E-state index is 0.0511. The van der Waals surface area contributed by atoms with Crippen LogP contribution in [0.5, 0.6) is 0 Å². The molecule has 1 N–H and O–H groups in total. The molecule has 3 heterocycles. The average molecular weight is 525 g/mol. The Morgan fingerprint density at radius 3 is 2.58 bits per heavy atom. The summed E-state index contributed by atoms with van der Waals surface area (Å²) in [5.41, 5.74) is 0.532. The van der Waals surface area contributed by atoms with Gasteiger partial charge in [-0.15, -0.1) is 10.2 Å². The number of furan rings is 1. The smallest absolute Gasteiger partial charge is 0.247 e. The highest BCUT2D eigenvalue weighted by Crippen LogP contribution is 2.27. The zero-order chi connectivity index (χ0) is 26.5. The molecule has 0 spiro atoms. The number of hydrogen-bond donors (Lipinski definition) is 1. The number of rotatable bonds is 9. The fraction of sp³-hybridized carbons (Fsp3) is 0.519. The third kappa shape index (κ3) is 6.27. The van der Waals surface area contributed by atoms with Gasteiger partial charge in [0.25, 0.3) is 0 Å². The van der Waals surface area contributed by atoms with E-state index >= 15 is 0 Å². The van der Waals surface area contributed by atoms with E-state index in [0.29, 0.717) is 23.7 Å². The van der Waals surface area contributed by atoms with Crippen LogP contribution in [0.15, 0.2) is 40.8 Å². The second kappa shape index (κ2) is 11.8. The Labute approximate surface area is 220 Å². The van der Waals surface area contributed by atoms with Gasteiger partial charge in [-0.3, -0.25) is 9.59 Å². The number of tetrazole rings is 1. The number of carbonyl (C=O) groups is 2. The first-order chi connectivity index (χ1) is 18.5. The fourth-order valence-corrected chi connectivity index (χ4v) is 5.18. The van der Waals surface area contributed by atoms with Crippen molar-refractivity contribution in [2.24, 2.45) is 0 Å². The van der Waals surface area contributed by atoms with E-state index in [1.807, 2.05) is 6.92 Å². The first-order valence-corrected chi connectivity index (χ1v) is 13.3. The average Bonchev–Trinajstić information content (AvgIpc) is 3.68. The van der Waals surface area contributed by atoms with Crippen molar-refractivity contribution in [1.29, 1.82) is 0 Å². The molecule has 5 rings (SSSR count). The van der Waals surface area contributed by atoms with Gasteiger partial charge >= 0.3 is 0 Å². The molecule has 10 nitrogen and oxygen atoms in total. The lowest BCUT2D eigenvalue weighted by Crippen LogP contribution is -2.50. The van der Waals surface area contributed by atoms with Gasteiger partial charge in [0.1, 0.15) is 24.2 Å². The number of aromatic nitrogens is 4. The summed E-state index contributed by atoms with van der Waals surface area (Å²) in [6, 6.07) is 8.36. The molecule has 202 valence electrons. The Morgan fingerprint density at radius 1 is 1.11 bits per heavy atom. The van der Waals surface area contributed by atoms with Gasteiger partial charge < -0.3 is 19.4 Å². The quantitative estimate of drug-likeness (QED) is 0.455. The van der Waals surface area contributed by atoms with Crippen molar-refractivity contribution >= 4 is 11.8 Å². The number of carbonyl (C=O) groups excluding carboxylic acids is 2. The maximum atomic E-state index is 13.8. The highest BCUT2D eigenvalue weighted by atomic mass is 19.1. The number of ether oxygens (including phenoxy) is 1. The van der Waals surface area contributed by atoms with Crippen molar-refractivity contribution in [3.8, 4) is 11.6 Å². The molecular weight excluding hydrogens is 491 g/mol. The lowest BCUT2D eigenvalue weighted by atomic mass is 9.94. The van der Waals surface area contributed by atoms with Gasteiger partial charge in [-0.05, 0) is 67.6 Å². The molecule has 1 aromatic carbocycles. The van der Waals surface area contributed by atoms with Crippen LogP contribution in [0.1, 0.15) is 62.3 Å². The minimum atomic E-state index is -0.954. The molecule has 2 fully saturated rings. The number of nitrogens with zero attached hydrogens (tertiary/aromatic N) is 5. The molecule has 0 unspecified atom stereocenters. The Bertz CT molecular complexity index is 1230. The van der Waals surface area contributed by atoms with Crippen molar-refractivity contribution < 1.29 is 23.1 Å². The van der Waals surface area contributed by atoms with Crippen molar-refractivity contribution in [2.45, 2.75) is 76.6 Å². The van der Waals surface area contributed by atoms with E-state index in [9.17, 15) is 14.0 Å². The van der Waals surface area contributed by atoms with Crippen molar-refractivity contribution in [3.63, 3.8) is 0 Å². The Kier molecular flexibility index (Phi) is 8.11. The van der Waals surface area contributed by atoms with Crippen LogP contribution < -0.4 is 5.32 Å². The predicted octanol–water partition coefficient (Wildman–Crippen LogP) is 3.58. The van der Waals surface area contributed by atoms with Gasteiger partial charge in [0, 0.05) is 19.2 Å². The largest absolute Gasteiger partial charge is 0.458 e. The van der Waals surface area contributed by atoms with E-state index in [-0.39, 0.29) is 42.9 Å². The van der Waals surface area contributed by atoms with Crippen LogP contribution in [0.25, 0.3) is 11.6 Å². The molecule has 11 heteroatoms. The predicted molar refractivity (Wildman–Crippen MR) is 135 cm³/mol. The van der Waals surface area contributed by atoms with E-state index in [1.54, 1.807) is 24.3 Å². The summed E-state index contributed by atoms with van der Waals surface area (Å²) >= 11 is 0. The topological polar surface area (TPSA) is 115 Å². The van der Waals surface area contributed by atoms with Gasteiger partial charge in [-0.2, -0.15) is 4.80 Å². The maximum Gasteiger partial charge on any atom is 0.247 e. The van der Waals surface area contributed by atoms with Crippen LogP contribution in [0.4, 0.5) is 4.39 Å². The fourth-order valence-electron chi connectivity index (χ4n) is 5.18. The summed E-state index contributed by atoms with van der Waals surface area (Å²) < 4.78 is 25.2. The second-order valence-corrected chi connectivity index (χ2v) is 10.0. The van der Waals surface area contributed by atoms with E-state index in [2.05, 4.69) is 20.7 Å². The van der Waals surface area contributed by atoms with Crippen molar-refractivity contribution in [3.05, 3.63) is 53.5 Å². The summed E-state index contributed by atoms with van der Waals surface area (Å²) in [6.07, 6.45) is 6.54. The zero-order valence-electron chi connectivity index (χ0n) is 21.5. The van der Waals surface area contributed by atoms with Crippen LogP contribution in [-0.2, 0) is 20.9 Å². The van der Waals surface area contributed by atoms with Crippen molar-refractivity contribution in [2.75, 3.05) is 13.2 Å². The van der Waals surface area contributed by atoms with Gasteiger partial charge in [-0.25, -0.2) is 4.39 Å². The summed E-state index contributed by atoms with van der Waals surface area (Å²) in [6.45, 7) is 2.42. The molecule has 38 heavy (non-hydrogen) atoms. The second-order valence-electron chi connectivity index (χ2n) is 10.0. The molecule has 1 aliphatic carbocycles. The van der Waals surface area contributed by atoms with E-state index < -0.39 is 11.9 Å². The molecule has 0 bridgehead atoms. The summed E-state index contributed by atoms with van der Waals surface area (Å²) in [5.74, 6) is 0.363. The number of nitrogens with one attached hydrogen (secondary N) is 1. The van der Waals surface area contributed by atoms with Gasteiger partial charge in [0.2, 0.25) is 17.6 Å². The number of benzene rings is 1. The minimum Gasteiger partial charge on any atom is -0.458 e. The highest BCUT2D eigenvalue weighted by Gasteiger charge is 2.35. The lowest BCUT2D eigenvalue weighted by Gasteiger charge is -2.34. The standard InChI is InChI=1S/C27H33FN6O4/c1-18-9-14-23(38-18)26-30-32-34(31-26)17-24(35)33(16-22-8-5-15-37-22)25(19-10-12-20(28)13-11-19)27(36)29-21-6-3-2-4-7-21/h9-14,21-22,25H,2-8,15-17H2,1H3,(H,29,36)/t22-,25+/m0/s1. The van der Waals surface area contributed by atoms with Crippen LogP contribution in [0.2, 0.25) is 0 Å². The first-order valence-electron chi connectivity index (χ1n) is 13.3. The Morgan fingerprint density at radius 2 is 1.89 bits per heavy atom.